The lowest BCUT2D eigenvalue weighted by Gasteiger charge is -2.25. The van der Waals surface area contributed by atoms with Crippen LogP contribution in [-0.4, -0.2) is 40.1 Å². The number of amides is 1. The molecule has 0 bridgehead atoms. The van der Waals surface area contributed by atoms with Gasteiger partial charge in [-0.1, -0.05) is 0 Å². The van der Waals surface area contributed by atoms with Crippen LogP contribution in [0.25, 0.3) is 0 Å². The summed E-state index contributed by atoms with van der Waals surface area (Å²) in [7, 11) is -2.44. The molecule has 8 heteroatoms. The molecule has 3 rings (SSSR count). The minimum absolute atomic E-state index is 0.0582. The van der Waals surface area contributed by atoms with Crippen molar-refractivity contribution in [1.82, 2.24) is 10.6 Å². The topological polar surface area (TPSA) is 111 Å². The highest BCUT2D eigenvalue weighted by molar-refractivity contribution is 7.89. The summed E-state index contributed by atoms with van der Waals surface area (Å²) in [6.45, 7) is 0.966. The van der Waals surface area contributed by atoms with Crippen LogP contribution in [0.15, 0.2) is 23.1 Å². The zero-order valence-electron chi connectivity index (χ0n) is 13.6. The molecule has 1 aromatic carbocycles. The first-order valence-corrected chi connectivity index (χ1v) is 9.70. The molecule has 1 saturated carbocycles. The van der Waals surface area contributed by atoms with E-state index in [4.69, 9.17) is 9.88 Å². The van der Waals surface area contributed by atoms with E-state index in [2.05, 4.69) is 10.6 Å². The number of hydrogen-bond acceptors (Lipinski definition) is 5. The highest BCUT2D eigenvalue weighted by Crippen LogP contribution is 2.36. The summed E-state index contributed by atoms with van der Waals surface area (Å²) in [4.78, 5) is 12.6. The summed E-state index contributed by atoms with van der Waals surface area (Å²) in [5.74, 6) is 0.480. The summed E-state index contributed by atoms with van der Waals surface area (Å²) >= 11 is 0. The van der Waals surface area contributed by atoms with Gasteiger partial charge >= 0.3 is 0 Å². The lowest BCUT2D eigenvalue weighted by molar-refractivity contribution is 0.0919. The van der Waals surface area contributed by atoms with Crippen molar-refractivity contribution in [3.63, 3.8) is 0 Å². The van der Waals surface area contributed by atoms with Crippen LogP contribution in [0.4, 0.5) is 0 Å². The summed E-state index contributed by atoms with van der Waals surface area (Å²) in [6.07, 6.45) is 4.36. The highest BCUT2D eigenvalue weighted by Gasteiger charge is 2.39. The molecule has 0 aromatic heterocycles. The van der Waals surface area contributed by atoms with E-state index in [9.17, 15) is 13.2 Å². The molecule has 1 aromatic rings. The third kappa shape index (κ3) is 3.71. The average molecular weight is 353 g/mol. The number of ether oxygens (including phenoxy) is 1. The Morgan fingerprint density at radius 3 is 2.67 bits per heavy atom. The second-order valence-electron chi connectivity index (χ2n) is 6.45. The summed E-state index contributed by atoms with van der Waals surface area (Å²) in [5.41, 5.74) is 0.188. The normalized spacial score (nSPS) is 22.2. The van der Waals surface area contributed by atoms with Gasteiger partial charge in [-0.05, 0) is 56.3 Å². The van der Waals surface area contributed by atoms with Crippen molar-refractivity contribution in [2.24, 2.45) is 11.1 Å². The van der Waals surface area contributed by atoms with Gasteiger partial charge in [-0.3, -0.25) is 4.79 Å². The smallest absolute Gasteiger partial charge is 0.255 e. The van der Waals surface area contributed by atoms with Gasteiger partial charge in [0, 0.05) is 12.1 Å². The molecule has 1 heterocycles. The van der Waals surface area contributed by atoms with E-state index in [0.717, 1.165) is 32.2 Å². The molecule has 2 atom stereocenters. The molecule has 1 saturated heterocycles. The zero-order chi connectivity index (χ0) is 17.3. The fourth-order valence-electron chi connectivity index (χ4n) is 3.29. The van der Waals surface area contributed by atoms with Crippen LogP contribution in [0.1, 0.15) is 36.0 Å². The largest absolute Gasteiger partial charge is 0.496 e. The second-order valence-corrected chi connectivity index (χ2v) is 8.01. The first-order chi connectivity index (χ1) is 11.4. The standard InChI is InChI=1S/C16H23N3O4S/c1-23-14-7-6-11(24(17,21)22)9-12(14)16(20)19-15(10-4-5-10)13-3-2-8-18-13/h6-7,9-10,13,15,18H,2-5,8H2,1H3,(H,19,20)(H2,17,21,22). The molecule has 2 fully saturated rings. The Morgan fingerprint density at radius 1 is 1.38 bits per heavy atom. The second kappa shape index (κ2) is 6.70. The zero-order valence-corrected chi connectivity index (χ0v) is 14.4. The number of nitrogens with one attached hydrogen (secondary N) is 2. The van der Waals surface area contributed by atoms with Crippen molar-refractivity contribution in [3.05, 3.63) is 23.8 Å². The van der Waals surface area contributed by atoms with E-state index in [1.54, 1.807) is 0 Å². The number of benzene rings is 1. The van der Waals surface area contributed by atoms with E-state index in [-0.39, 0.29) is 28.4 Å². The number of nitrogens with two attached hydrogens (primary N) is 1. The molecular formula is C16H23N3O4S. The maximum Gasteiger partial charge on any atom is 0.255 e. The molecule has 4 N–H and O–H groups in total. The molecule has 1 amide bonds. The quantitative estimate of drug-likeness (QED) is 0.694. The van der Waals surface area contributed by atoms with Gasteiger partial charge in [0.2, 0.25) is 10.0 Å². The molecule has 2 aliphatic rings. The van der Waals surface area contributed by atoms with Gasteiger partial charge in [0.15, 0.2) is 0 Å². The molecule has 7 nitrogen and oxygen atoms in total. The fourth-order valence-corrected chi connectivity index (χ4v) is 3.83. The predicted molar refractivity (Wildman–Crippen MR) is 89.4 cm³/mol. The number of methoxy groups -OCH3 is 1. The summed E-state index contributed by atoms with van der Waals surface area (Å²) < 4.78 is 28.3. The van der Waals surface area contributed by atoms with Crippen molar-refractivity contribution in [3.8, 4) is 5.75 Å². The Balaban J connectivity index is 1.85. The van der Waals surface area contributed by atoms with Gasteiger partial charge in [0.05, 0.1) is 17.6 Å². The summed E-state index contributed by atoms with van der Waals surface area (Å²) in [5, 5.41) is 11.7. The molecule has 24 heavy (non-hydrogen) atoms. The molecule has 0 radical (unpaired) electrons. The predicted octanol–water partition coefficient (Wildman–Crippen LogP) is 0.603. The van der Waals surface area contributed by atoms with E-state index >= 15 is 0 Å². The fraction of sp³-hybridized carbons (Fsp3) is 0.562. The third-order valence-corrected chi connectivity index (χ3v) is 5.61. The van der Waals surface area contributed by atoms with Gasteiger partial charge < -0.3 is 15.4 Å². The maximum atomic E-state index is 12.7. The Kier molecular flexibility index (Phi) is 4.80. The summed E-state index contributed by atoms with van der Waals surface area (Å²) in [6, 6.07) is 4.39. The number of hydrogen-bond donors (Lipinski definition) is 3. The maximum absolute atomic E-state index is 12.7. The monoisotopic (exact) mass is 353 g/mol. The number of primary sulfonamides is 1. The molecule has 1 aliphatic carbocycles. The number of sulfonamides is 1. The Morgan fingerprint density at radius 2 is 2.12 bits per heavy atom. The Bertz CT molecular complexity index is 725. The van der Waals surface area contributed by atoms with E-state index in [0.29, 0.717) is 11.7 Å². The van der Waals surface area contributed by atoms with E-state index < -0.39 is 10.0 Å². The van der Waals surface area contributed by atoms with Crippen LogP contribution in [0.5, 0.6) is 5.75 Å². The van der Waals surface area contributed by atoms with Crippen LogP contribution in [0, 0.1) is 5.92 Å². The van der Waals surface area contributed by atoms with Crippen molar-refractivity contribution in [1.29, 1.82) is 0 Å². The molecule has 132 valence electrons. The van der Waals surface area contributed by atoms with Crippen LogP contribution >= 0.6 is 0 Å². The number of rotatable bonds is 6. The van der Waals surface area contributed by atoms with Gasteiger partial charge in [0.25, 0.3) is 5.91 Å². The Hall–Kier alpha value is -1.64. The number of carbonyl (C=O) groups excluding carboxylic acids is 1. The molecule has 1 aliphatic heterocycles. The first kappa shape index (κ1) is 17.2. The molecule has 2 unspecified atom stereocenters. The Labute approximate surface area is 142 Å². The average Bonchev–Trinajstić information content (AvgIpc) is 3.24. The van der Waals surface area contributed by atoms with Crippen molar-refractivity contribution in [2.45, 2.75) is 42.7 Å². The van der Waals surface area contributed by atoms with Gasteiger partial charge in [0.1, 0.15) is 5.75 Å². The lowest BCUT2D eigenvalue weighted by atomic mass is 10.0. The van der Waals surface area contributed by atoms with Crippen molar-refractivity contribution >= 4 is 15.9 Å². The lowest BCUT2D eigenvalue weighted by Crippen LogP contribution is -2.48. The van der Waals surface area contributed by atoms with E-state index in [1.807, 2.05) is 0 Å². The van der Waals surface area contributed by atoms with Crippen LogP contribution in [-0.2, 0) is 10.0 Å². The molecular weight excluding hydrogens is 330 g/mol. The van der Waals surface area contributed by atoms with Crippen molar-refractivity contribution in [2.75, 3.05) is 13.7 Å². The molecule has 0 spiro atoms. The third-order valence-electron chi connectivity index (χ3n) is 4.70. The van der Waals surface area contributed by atoms with Crippen LogP contribution in [0.2, 0.25) is 0 Å². The van der Waals surface area contributed by atoms with Gasteiger partial charge in [-0.15, -0.1) is 0 Å². The minimum atomic E-state index is -3.88. The minimum Gasteiger partial charge on any atom is -0.496 e. The van der Waals surface area contributed by atoms with Crippen molar-refractivity contribution < 1.29 is 17.9 Å². The van der Waals surface area contributed by atoms with Gasteiger partial charge in [-0.2, -0.15) is 0 Å². The number of carbonyl (C=O) groups is 1. The van der Waals surface area contributed by atoms with Gasteiger partial charge in [-0.25, -0.2) is 13.6 Å². The van der Waals surface area contributed by atoms with Crippen LogP contribution < -0.4 is 20.5 Å². The van der Waals surface area contributed by atoms with E-state index in [1.165, 1.54) is 25.3 Å². The van der Waals surface area contributed by atoms with Crippen LogP contribution in [0.3, 0.4) is 0 Å². The first-order valence-electron chi connectivity index (χ1n) is 8.15. The SMILES string of the molecule is COc1ccc(S(N)(=O)=O)cc1C(=O)NC(C1CC1)C1CCCN1. The highest BCUT2D eigenvalue weighted by atomic mass is 32.2.